The summed E-state index contributed by atoms with van der Waals surface area (Å²) in [5.74, 6) is -0.110. The van der Waals surface area contributed by atoms with Gasteiger partial charge in [0.2, 0.25) is 15.9 Å². The van der Waals surface area contributed by atoms with Crippen molar-refractivity contribution >= 4 is 15.9 Å². The molecule has 1 N–H and O–H groups in total. The fourth-order valence-corrected chi connectivity index (χ4v) is 7.47. The molecule has 2 aromatic carbocycles. The number of carbonyl (C=O) groups excluding carboxylic acids is 1. The van der Waals surface area contributed by atoms with Gasteiger partial charge in [0, 0.05) is 25.6 Å². The fraction of sp³-hybridized carbons (Fsp3) is 0.519. The highest BCUT2D eigenvalue weighted by molar-refractivity contribution is 7.89. The predicted octanol–water partition coefficient (Wildman–Crippen LogP) is 3.97. The summed E-state index contributed by atoms with van der Waals surface area (Å²) in [6, 6.07) is 14.4. The summed E-state index contributed by atoms with van der Waals surface area (Å²) in [4.78, 5) is 15.9. The number of nitrogens with one attached hydrogen (secondary N) is 1. The molecule has 6 nitrogen and oxygen atoms in total. The maximum absolute atomic E-state index is 13.4. The number of aryl methyl sites for hydroxylation is 3. The zero-order valence-electron chi connectivity index (χ0n) is 20.6. The molecule has 34 heavy (non-hydrogen) atoms. The molecule has 2 aliphatic heterocycles. The van der Waals surface area contributed by atoms with Crippen molar-refractivity contribution in [3.05, 3.63) is 64.7 Å². The van der Waals surface area contributed by atoms with Gasteiger partial charge in [0.15, 0.2) is 0 Å². The summed E-state index contributed by atoms with van der Waals surface area (Å²) in [6.45, 7) is 9.15. The minimum atomic E-state index is -3.57. The number of amides is 1. The molecule has 2 aromatic rings. The van der Waals surface area contributed by atoms with Gasteiger partial charge in [-0.3, -0.25) is 9.69 Å². The zero-order valence-corrected chi connectivity index (χ0v) is 21.4. The molecule has 2 heterocycles. The zero-order chi connectivity index (χ0) is 24.3. The van der Waals surface area contributed by atoms with E-state index in [2.05, 4.69) is 22.3 Å². The van der Waals surface area contributed by atoms with Gasteiger partial charge in [0.05, 0.1) is 10.9 Å². The van der Waals surface area contributed by atoms with E-state index >= 15 is 0 Å². The van der Waals surface area contributed by atoms with Crippen molar-refractivity contribution in [2.45, 2.75) is 57.4 Å². The van der Waals surface area contributed by atoms with Crippen LogP contribution in [0.3, 0.4) is 0 Å². The topological polar surface area (TPSA) is 69.7 Å². The van der Waals surface area contributed by atoms with Crippen molar-refractivity contribution in [1.29, 1.82) is 0 Å². The first-order valence-corrected chi connectivity index (χ1v) is 13.9. The largest absolute Gasteiger partial charge is 0.354 e. The number of piperidine rings is 1. The highest BCUT2D eigenvalue weighted by Gasteiger charge is 2.34. The van der Waals surface area contributed by atoms with Gasteiger partial charge in [0.25, 0.3) is 0 Å². The smallest absolute Gasteiger partial charge is 0.243 e. The molecule has 0 aromatic heterocycles. The van der Waals surface area contributed by atoms with Crippen LogP contribution in [0.2, 0.25) is 0 Å². The molecule has 7 heteroatoms. The molecule has 2 fully saturated rings. The molecular weight excluding hydrogens is 446 g/mol. The monoisotopic (exact) mass is 483 g/mol. The third-order valence-electron chi connectivity index (χ3n) is 7.26. The maximum Gasteiger partial charge on any atom is 0.243 e. The van der Waals surface area contributed by atoms with Crippen LogP contribution in [0.15, 0.2) is 47.4 Å². The molecule has 2 aliphatic rings. The van der Waals surface area contributed by atoms with Crippen molar-refractivity contribution in [3.8, 4) is 0 Å². The number of nitrogens with zero attached hydrogens (tertiary/aromatic N) is 2. The minimum Gasteiger partial charge on any atom is -0.354 e. The predicted molar refractivity (Wildman–Crippen MR) is 135 cm³/mol. The van der Waals surface area contributed by atoms with Crippen LogP contribution in [0.4, 0.5) is 0 Å². The highest BCUT2D eigenvalue weighted by atomic mass is 32.2. The van der Waals surface area contributed by atoms with E-state index in [4.69, 9.17) is 0 Å². The van der Waals surface area contributed by atoms with Crippen LogP contribution in [0.25, 0.3) is 0 Å². The average Bonchev–Trinajstić information content (AvgIpc) is 3.33. The Labute approximate surface area is 204 Å². The first-order valence-electron chi connectivity index (χ1n) is 12.4. The molecule has 0 saturated carbocycles. The molecule has 0 radical (unpaired) electrons. The van der Waals surface area contributed by atoms with Gasteiger partial charge in [-0.25, -0.2) is 8.42 Å². The van der Waals surface area contributed by atoms with Gasteiger partial charge in [-0.05, 0) is 76.2 Å². The van der Waals surface area contributed by atoms with Crippen molar-refractivity contribution in [2.75, 3.05) is 32.7 Å². The number of carbonyl (C=O) groups is 1. The Morgan fingerprint density at radius 2 is 1.56 bits per heavy atom. The maximum atomic E-state index is 13.4. The summed E-state index contributed by atoms with van der Waals surface area (Å²) in [5, 5.41) is 3.19. The molecule has 4 rings (SSSR count). The van der Waals surface area contributed by atoms with Crippen molar-refractivity contribution < 1.29 is 13.2 Å². The minimum absolute atomic E-state index is 0.0415. The van der Waals surface area contributed by atoms with Gasteiger partial charge >= 0.3 is 0 Å². The summed E-state index contributed by atoms with van der Waals surface area (Å²) in [7, 11) is -3.57. The molecule has 184 valence electrons. The lowest BCUT2D eigenvalue weighted by atomic mass is 9.97. The van der Waals surface area contributed by atoms with Crippen LogP contribution in [-0.2, 0) is 14.8 Å². The number of hydrogen-bond acceptors (Lipinski definition) is 4. The van der Waals surface area contributed by atoms with Gasteiger partial charge < -0.3 is 5.32 Å². The number of benzene rings is 2. The van der Waals surface area contributed by atoms with E-state index in [1.54, 1.807) is 4.31 Å². The van der Waals surface area contributed by atoms with Crippen LogP contribution in [0.1, 0.15) is 54.0 Å². The van der Waals surface area contributed by atoms with Gasteiger partial charge in [-0.1, -0.05) is 48.0 Å². The van der Waals surface area contributed by atoms with E-state index in [-0.39, 0.29) is 17.9 Å². The third kappa shape index (κ3) is 5.37. The molecular formula is C27H37N3O3S. The van der Waals surface area contributed by atoms with Crippen LogP contribution in [0, 0.1) is 26.7 Å². The van der Waals surface area contributed by atoms with E-state index in [0.29, 0.717) is 37.4 Å². The summed E-state index contributed by atoms with van der Waals surface area (Å²) in [6.07, 6.45) is 3.50. The Kier molecular flexibility index (Phi) is 7.75. The van der Waals surface area contributed by atoms with E-state index < -0.39 is 10.0 Å². The van der Waals surface area contributed by atoms with E-state index in [1.807, 2.05) is 51.1 Å². The first-order chi connectivity index (χ1) is 16.3. The summed E-state index contributed by atoms with van der Waals surface area (Å²) >= 11 is 0. The molecule has 1 atom stereocenters. The summed E-state index contributed by atoms with van der Waals surface area (Å²) < 4.78 is 28.3. The molecule has 1 amide bonds. The lowest BCUT2D eigenvalue weighted by Crippen LogP contribution is -2.45. The van der Waals surface area contributed by atoms with E-state index in [9.17, 15) is 13.2 Å². The fourth-order valence-electron chi connectivity index (χ4n) is 5.59. The molecule has 1 unspecified atom stereocenters. The second-order valence-corrected chi connectivity index (χ2v) is 11.7. The van der Waals surface area contributed by atoms with Gasteiger partial charge in [-0.2, -0.15) is 4.31 Å². The van der Waals surface area contributed by atoms with Crippen LogP contribution in [-0.4, -0.2) is 56.3 Å². The third-order valence-corrected chi connectivity index (χ3v) is 9.47. The lowest BCUT2D eigenvalue weighted by Gasteiger charge is -2.32. The Morgan fingerprint density at radius 3 is 2.15 bits per heavy atom. The van der Waals surface area contributed by atoms with E-state index in [1.165, 1.54) is 18.4 Å². The van der Waals surface area contributed by atoms with Crippen LogP contribution < -0.4 is 5.32 Å². The Balaban J connectivity index is 1.37. The number of rotatable bonds is 7. The SMILES string of the molecule is Cc1cc(C)c(S(=O)(=O)N2CCC(C(=O)NCC(c3ccccc3)N3CCCC3)CC2)c(C)c1. The lowest BCUT2D eigenvalue weighted by molar-refractivity contribution is -0.126. The molecule has 0 spiro atoms. The first kappa shape index (κ1) is 24.9. The Morgan fingerprint density at radius 1 is 0.971 bits per heavy atom. The highest BCUT2D eigenvalue weighted by Crippen LogP contribution is 2.29. The average molecular weight is 484 g/mol. The standard InChI is InChI=1S/C27H37N3O3S/c1-20-17-21(2)26(22(3)18-20)34(32,33)30-15-11-24(12-16-30)27(31)28-19-25(29-13-7-8-14-29)23-9-5-4-6-10-23/h4-6,9-10,17-18,24-25H,7-8,11-16,19H2,1-3H3,(H,28,31). The number of hydrogen-bond donors (Lipinski definition) is 1. The van der Waals surface area contributed by atoms with Crippen molar-refractivity contribution in [2.24, 2.45) is 5.92 Å². The second-order valence-electron chi connectivity index (χ2n) is 9.82. The number of likely N-dealkylation sites (tertiary alicyclic amines) is 1. The molecule has 0 aliphatic carbocycles. The second kappa shape index (κ2) is 10.6. The molecule has 2 saturated heterocycles. The quantitative estimate of drug-likeness (QED) is 0.647. The van der Waals surface area contributed by atoms with Gasteiger partial charge in [0.1, 0.15) is 0 Å². The van der Waals surface area contributed by atoms with Crippen LogP contribution >= 0.6 is 0 Å². The molecule has 0 bridgehead atoms. The summed E-state index contributed by atoms with van der Waals surface area (Å²) in [5.41, 5.74) is 3.86. The Bertz CT molecular complexity index is 1080. The van der Waals surface area contributed by atoms with Crippen molar-refractivity contribution in [3.63, 3.8) is 0 Å². The number of sulfonamides is 1. The van der Waals surface area contributed by atoms with Crippen molar-refractivity contribution in [1.82, 2.24) is 14.5 Å². The van der Waals surface area contributed by atoms with Crippen LogP contribution in [0.5, 0.6) is 0 Å². The normalized spacial score (nSPS) is 19.3. The van der Waals surface area contributed by atoms with E-state index in [0.717, 1.165) is 29.8 Å². The Hall–Kier alpha value is -2.22. The van der Waals surface area contributed by atoms with Gasteiger partial charge in [-0.15, -0.1) is 0 Å².